The Hall–Kier alpha value is -1.81. The second kappa shape index (κ2) is 6.57. The number of halogens is 1. The summed E-state index contributed by atoms with van der Waals surface area (Å²) in [6.45, 7) is 5.26. The Morgan fingerprint density at radius 3 is 2.40 bits per heavy atom. The van der Waals surface area contributed by atoms with Crippen LogP contribution in [0.1, 0.15) is 26.3 Å². The lowest BCUT2D eigenvalue weighted by Gasteiger charge is -2.27. The highest BCUT2D eigenvalue weighted by atomic mass is 35.5. The minimum absolute atomic E-state index is 0.466. The maximum absolute atomic E-state index is 11.8. The molecule has 4 nitrogen and oxygen atoms in total. The van der Waals surface area contributed by atoms with Crippen molar-refractivity contribution >= 4 is 29.6 Å². The molecule has 0 fully saturated rings. The van der Waals surface area contributed by atoms with Crippen molar-refractivity contribution in [3.63, 3.8) is 0 Å². The molecule has 20 heavy (non-hydrogen) atoms. The topological polar surface area (TPSA) is 66.4 Å². The van der Waals surface area contributed by atoms with Crippen molar-refractivity contribution in [3.8, 4) is 0 Å². The van der Waals surface area contributed by atoms with Gasteiger partial charge >= 0.3 is 5.97 Å². The highest BCUT2D eigenvalue weighted by Gasteiger charge is 2.31. The van der Waals surface area contributed by atoms with Crippen LogP contribution in [0.15, 0.2) is 30.3 Å². The Morgan fingerprint density at radius 2 is 1.90 bits per heavy atom. The highest BCUT2D eigenvalue weighted by molar-refractivity contribution is 6.32. The second-order valence-corrected chi connectivity index (χ2v) is 5.91. The van der Waals surface area contributed by atoms with Gasteiger partial charge < -0.3 is 10.4 Å². The Bertz CT molecular complexity index is 532. The van der Waals surface area contributed by atoms with Gasteiger partial charge in [0.1, 0.15) is 6.04 Å². The largest absolute Gasteiger partial charge is 0.480 e. The molecule has 0 aliphatic heterocycles. The number of carboxylic acid groups (broad SMARTS) is 1. The van der Waals surface area contributed by atoms with Crippen LogP contribution in [0.25, 0.3) is 6.08 Å². The summed E-state index contributed by atoms with van der Waals surface area (Å²) in [5.74, 6) is -1.52. The van der Waals surface area contributed by atoms with Crippen LogP contribution in [0.2, 0.25) is 5.02 Å². The van der Waals surface area contributed by atoms with Crippen LogP contribution < -0.4 is 5.32 Å². The van der Waals surface area contributed by atoms with Crippen LogP contribution in [0.3, 0.4) is 0 Å². The van der Waals surface area contributed by atoms with Crippen molar-refractivity contribution in [2.45, 2.75) is 26.8 Å². The van der Waals surface area contributed by atoms with Crippen molar-refractivity contribution in [2.24, 2.45) is 5.41 Å². The third-order valence-electron chi connectivity index (χ3n) is 2.72. The number of amides is 1. The predicted octanol–water partition coefficient (Wildman–Crippen LogP) is 2.97. The van der Waals surface area contributed by atoms with Gasteiger partial charge in [-0.1, -0.05) is 50.6 Å². The van der Waals surface area contributed by atoms with E-state index in [0.29, 0.717) is 10.6 Å². The molecule has 0 aliphatic carbocycles. The van der Waals surface area contributed by atoms with Crippen LogP contribution in [-0.4, -0.2) is 23.0 Å². The third kappa shape index (κ3) is 4.70. The number of carbonyl (C=O) groups excluding carboxylic acids is 1. The highest BCUT2D eigenvalue weighted by Crippen LogP contribution is 2.20. The molecular formula is C15H18ClNO3. The van der Waals surface area contributed by atoms with Gasteiger partial charge in [0, 0.05) is 11.1 Å². The van der Waals surface area contributed by atoms with Crippen LogP contribution in [-0.2, 0) is 9.59 Å². The van der Waals surface area contributed by atoms with Gasteiger partial charge in [0.25, 0.3) is 0 Å². The maximum Gasteiger partial charge on any atom is 0.326 e. The number of hydrogen-bond acceptors (Lipinski definition) is 2. The summed E-state index contributed by atoms with van der Waals surface area (Å²) >= 11 is 5.96. The van der Waals surface area contributed by atoms with E-state index in [2.05, 4.69) is 5.32 Å². The van der Waals surface area contributed by atoms with Crippen molar-refractivity contribution in [1.29, 1.82) is 0 Å². The monoisotopic (exact) mass is 295 g/mol. The minimum atomic E-state index is -1.06. The molecular weight excluding hydrogens is 278 g/mol. The summed E-state index contributed by atoms with van der Waals surface area (Å²) in [4.78, 5) is 22.9. The second-order valence-electron chi connectivity index (χ2n) is 5.50. The smallest absolute Gasteiger partial charge is 0.326 e. The molecule has 0 radical (unpaired) electrons. The minimum Gasteiger partial charge on any atom is -0.480 e. The molecule has 0 saturated carbocycles. The first-order chi connectivity index (χ1) is 9.21. The quantitative estimate of drug-likeness (QED) is 0.839. The molecule has 1 rings (SSSR count). The molecule has 5 heteroatoms. The average Bonchev–Trinajstić information content (AvgIpc) is 2.33. The summed E-state index contributed by atoms with van der Waals surface area (Å²) in [7, 11) is 0. The fraction of sp³-hybridized carbons (Fsp3) is 0.333. The first-order valence-corrected chi connectivity index (χ1v) is 6.55. The molecule has 0 spiro atoms. The Balaban J connectivity index is 2.77. The predicted molar refractivity (Wildman–Crippen MR) is 79.5 cm³/mol. The van der Waals surface area contributed by atoms with Gasteiger partial charge in [-0.2, -0.15) is 0 Å². The van der Waals surface area contributed by atoms with E-state index in [0.717, 1.165) is 0 Å². The van der Waals surface area contributed by atoms with Crippen molar-refractivity contribution in [1.82, 2.24) is 5.32 Å². The average molecular weight is 296 g/mol. The number of benzene rings is 1. The first kappa shape index (κ1) is 16.2. The summed E-state index contributed by atoms with van der Waals surface area (Å²) in [6.07, 6.45) is 2.84. The standard InChI is InChI=1S/C15H18ClNO3/c1-15(2,3)13(14(19)20)17-12(18)9-8-10-6-4-5-7-11(10)16/h4-9,13H,1-3H3,(H,17,18)(H,19,20)/b9-8+/t13-/m1/s1. The number of carboxylic acids is 1. The fourth-order valence-electron chi connectivity index (χ4n) is 1.61. The van der Waals surface area contributed by atoms with Crippen LogP contribution in [0.4, 0.5) is 0 Å². The van der Waals surface area contributed by atoms with Crippen molar-refractivity contribution < 1.29 is 14.7 Å². The molecule has 108 valence electrons. The zero-order chi connectivity index (χ0) is 15.3. The van der Waals surface area contributed by atoms with E-state index in [-0.39, 0.29) is 0 Å². The van der Waals surface area contributed by atoms with Crippen LogP contribution >= 0.6 is 11.6 Å². The van der Waals surface area contributed by atoms with Gasteiger partial charge in [0.2, 0.25) is 5.91 Å². The van der Waals surface area contributed by atoms with Gasteiger partial charge in [-0.05, 0) is 23.1 Å². The van der Waals surface area contributed by atoms with E-state index in [1.54, 1.807) is 51.1 Å². The number of rotatable bonds is 4. The third-order valence-corrected chi connectivity index (χ3v) is 3.06. The van der Waals surface area contributed by atoms with Crippen LogP contribution in [0.5, 0.6) is 0 Å². The molecule has 0 saturated heterocycles. The molecule has 0 bridgehead atoms. The molecule has 0 aromatic heterocycles. The first-order valence-electron chi connectivity index (χ1n) is 6.17. The van der Waals surface area contributed by atoms with E-state index in [4.69, 9.17) is 16.7 Å². The summed E-state index contributed by atoms with van der Waals surface area (Å²) < 4.78 is 0. The zero-order valence-electron chi connectivity index (χ0n) is 11.7. The van der Waals surface area contributed by atoms with Gasteiger partial charge in [0.15, 0.2) is 0 Å². The van der Waals surface area contributed by atoms with Gasteiger partial charge in [-0.15, -0.1) is 0 Å². The molecule has 1 amide bonds. The van der Waals surface area contributed by atoms with Gasteiger partial charge in [-0.25, -0.2) is 4.79 Å². The molecule has 0 aliphatic rings. The lowest BCUT2D eigenvalue weighted by molar-refractivity contribution is -0.144. The maximum atomic E-state index is 11.8. The molecule has 0 unspecified atom stereocenters. The molecule has 2 N–H and O–H groups in total. The van der Waals surface area contributed by atoms with Crippen LogP contribution in [0, 0.1) is 5.41 Å². The van der Waals surface area contributed by atoms with Crippen molar-refractivity contribution in [3.05, 3.63) is 40.9 Å². The van der Waals surface area contributed by atoms with E-state index in [1.807, 2.05) is 0 Å². The van der Waals surface area contributed by atoms with Crippen molar-refractivity contribution in [2.75, 3.05) is 0 Å². The molecule has 1 aromatic carbocycles. The number of aliphatic carboxylic acids is 1. The van der Waals surface area contributed by atoms with E-state index in [1.165, 1.54) is 6.08 Å². The van der Waals surface area contributed by atoms with E-state index < -0.39 is 23.3 Å². The van der Waals surface area contributed by atoms with Gasteiger partial charge in [0.05, 0.1) is 0 Å². The number of carbonyl (C=O) groups is 2. The lowest BCUT2D eigenvalue weighted by Crippen LogP contribution is -2.48. The van der Waals surface area contributed by atoms with Gasteiger partial charge in [-0.3, -0.25) is 4.79 Å². The number of hydrogen-bond donors (Lipinski definition) is 2. The lowest BCUT2D eigenvalue weighted by atomic mass is 9.87. The molecule has 1 aromatic rings. The van der Waals surface area contributed by atoms with E-state index in [9.17, 15) is 9.59 Å². The Morgan fingerprint density at radius 1 is 1.30 bits per heavy atom. The summed E-state index contributed by atoms with van der Waals surface area (Å²) in [5, 5.41) is 12.1. The Kier molecular flexibility index (Phi) is 5.34. The summed E-state index contributed by atoms with van der Waals surface area (Å²) in [5.41, 5.74) is 0.131. The SMILES string of the molecule is CC(C)(C)[C@H](NC(=O)/C=C/c1ccccc1Cl)C(=O)O. The normalized spacial score (nSPS) is 13.2. The zero-order valence-corrected chi connectivity index (χ0v) is 12.4. The van der Waals surface area contributed by atoms with E-state index >= 15 is 0 Å². The summed E-state index contributed by atoms with van der Waals surface area (Å²) in [6, 6.07) is 6.13. The Labute approximate surface area is 123 Å². The fourth-order valence-corrected chi connectivity index (χ4v) is 1.81. The molecule has 1 atom stereocenters. The molecule has 0 heterocycles. The number of nitrogens with one attached hydrogen (secondary N) is 1.